The summed E-state index contributed by atoms with van der Waals surface area (Å²) >= 11 is 1.84. The molecule has 4 nitrogen and oxygen atoms in total. The van der Waals surface area contributed by atoms with Crippen molar-refractivity contribution in [3.8, 4) is 0 Å². The molecular weight excluding hydrogens is 258 g/mol. The Labute approximate surface area is 119 Å². The number of nitrogens with one attached hydrogen (secondary N) is 1. The van der Waals surface area contributed by atoms with Crippen LogP contribution in [-0.4, -0.2) is 46.9 Å². The average Bonchev–Trinajstić information content (AvgIpc) is 3.14. The fourth-order valence-corrected chi connectivity index (χ4v) is 4.53. The molecule has 3 fully saturated rings. The lowest BCUT2D eigenvalue weighted by Gasteiger charge is -2.21. The Balaban J connectivity index is 1.44. The van der Waals surface area contributed by atoms with E-state index in [1.165, 1.54) is 38.5 Å². The molecule has 3 rings (SSSR count). The number of carbonyl (C=O) groups excluding carboxylic acids is 1. The lowest BCUT2D eigenvalue weighted by Crippen LogP contribution is -2.40. The van der Waals surface area contributed by atoms with Crippen molar-refractivity contribution >= 4 is 22.8 Å². The van der Waals surface area contributed by atoms with Gasteiger partial charge >= 0.3 is 0 Å². The number of thioether (sulfide) groups is 1. The van der Waals surface area contributed by atoms with Gasteiger partial charge in [-0.1, -0.05) is 24.6 Å². The molecule has 0 atom stereocenters. The summed E-state index contributed by atoms with van der Waals surface area (Å²) in [4.78, 5) is 18.5. The Morgan fingerprint density at radius 3 is 2.74 bits per heavy atom. The van der Waals surface area contributed by atoms with Gasteiger partial charge in [0.2, 0.25) is 5.91 Å². The predicted molar refractivity (Wildman–Crippen MR) is 79.5 cm³/mol. The highest BCUT2D eigenvalue weighted by atomic mass is 32.2. The number of hydrogen-bond donors (Lipinski definition) is 1. The van der Waals surface area contributed by atoms with Crippen molar-refractivity contribution in [2.75, 3.05) is 25.4 Å². The highest BCUT2D eigenvalue weighted by molar-refractivity contribution is 8.14. The molecule has 0 aromatic rings. The summed E-state index contributed by atoms with van der Waals surface area (Å²) in [6.45, 7) is 2.54. The topological polar surface area (TPSA) is 44.7 Å². The van der Waals surface area contributed by atoms with Gasteiger partial charge in [-0.05, 0) is 25.7 Å². The smallest absolute Gasteiger partial charge is 0.224 e. The first-order valence-electron chi connectivity index (χ1n) is 7.51. The largest absolute Gasteiger partial charge is 0.359 e. The van der Waals surface area contributed by atoms with Crippen LogP contribution in [0.1, 0.15) is 44.9 Å². The van der Waals surface area contributed by atoms with Gasteiger partial charge in [-0.3, -0.25) is 9.79 Å². The zero-order valence-corrected chi connectivity index (χ0v) is 12.3. The molecule has 0 aromatic carbocycles. The lowest BCUT2D eigenvalue weighted by atomic mass is 10.0. The molecule has 2 aliphatic heterocycles. The Morgan fingerprint density at radius 2 is 2.00 bits per heavy atom. The Kier molecular flexibility index (Phi) is 4.01. The highest BCUT2D eigenvalue weighted by Gasteiger charge is 2.39. The van der Waals surface area contributed by atoms with Crippen LogP contribution in [0.3, 0.4) is 0 Å². The monoisotopic (exact) mass is 281 g/mol. The number of amidine groups is 1. The number of amides is 1. The van der Waals surface area contributed by atoms with E-state index in [-0.39, 0.29) is 5.91 Å². The van der Waals surface area contributed by atoms with E-state index in [9.17, 15) is 4.79 Å². The van der Waals surface area contributed by atoms with Gasteiger partial charge in [-0.25, -0.2) is 0 Å². The molecule has 1 aliphatic carbocycles. The first-order valence-corrected chi connectivity index (χ1v) is 8.49. The van der Waals surface area contributed by atoms with Gasteiger partial charge in [-0.2, -0.15) is 0 Å². The first kappa shape index (κ1) is 13.3. The Hall–Kier alpha value is -0.710. The van der Waals surface area contributed by atoms with Gasteiger partial charge in [0, 0.05) is 30.8 Å². The molecule has 0 bridgehead atoms. The number of nitrogens with zero attached hydrogens (tertiary/aromatic N) is 2. The minimum atomic E-state index is 0.278. The van der Waals surface area contributed by atoms with E-state index >= 15 is 0 Å². The van der Waals surface area contributed by atoms with Gasteiger partial charge in [0.1, 0.15) is 0 Å². The van der Waals surface area contributed by atoms with Gasteiger partial charge in [0.25, 0.3) is 0 Å². The fourth-order valence-electron chi connectivity index (χ4n) is 3.29. The van der Waals surface area contributed by atoms with Crippen LogP contribution in [0, 0.1) is 0 Å². The molecule has 1 spiro atoms. The van der Waals surface area contributed by atoms with E-state index in [2.05, 4.69) is 10.3 Å². The molecule has 1 amide bonds. The second-order valence-electron chi connectivity index (χ2n) is 5.93. The van der Waals surface area contributed by atoms with E-state index in [4.69, 9.17) is 0 Å². The van der Waals surface area contributed by atoms with Gasteiger partial charge in [0.05, 0.1) is 6.54 Å². The summed E-state index contributed by atoms with van der Waals surface area (Å²) in [5.74, 6) is 1.44. The van der Waals surface area contributed by atoms with Gasteiger partial charge in [-0.15, -0.1) is 0 Å². The molecule has 5 heteroatoms. The van der Waals surface area contributed by atoms with Crippen molar-refractivity contribution in [2.45, 2.75) is 50.5 Å². The van der Waals surface area contributed by atoms with E-state index in [1.807, 2.05) is 16.7 Å². The van der Waals surface area contributed by atoms with Crippen molar-refractivity contribution in [1.29, 1.82) is 0 Å². The van der Waals surface area contributed by atoms with Crippen LogP contribution < -0.4 is 5.32 Å². The number of carbonyl (C=O) groups is 1. The number of rotatable bonds is 3. The van der Waals surface area contributed by atoms with Crippen molar-refractivity contribution in [3.05, 3.63) is 0 Å². The van der Waals surface area contributed by atoms with Crippen molar-refractivity contribution in [2.24, 2.45) is 4.99 Å². The molecule has 19 heavy (non-hydrogen) atoms. The van der Waals surface area contributed by atoms with Crippen molar-refractivity contribution in [3.63, 3.8) is 0 Å². The standard InChI is InChI=1S/C14H23N3OS/c18-12(17-9-3-4-10-17)5-8-15-13-16-14(11-19-13)6-1-2-7-14/h1-11H2,(H,15,16). The molecular formula is C14H23N3OS. The van der Waals surface area contributed by atoms with Crippen LogP contribution >= 0.6 is 11.8 Å². The van der Waals surface area contributed by atoms with Crippen molar-refractivity contribution < 1.29 is 4.79 Å². The molecule has 0 radical (unpaired) electrons. The molecule has 1 N–H and O–H groups in total. The van der Waals surface area contributed by atoms with Crippen LogP contribution in [-0.2, 0) is 4.79 Å². The maximum absolute atomic E-state index is 11.9. The number of likely N-dealkylation sites (tertiary alicyclic amines) is 1. The van der Waals surface area contributed by atoms with E-state index in [0.29, 0.717) is 18.5 Å². The second kappa shape index (κ2) is 5.73. The second-order valence-corrected chi connectivity index (χ2v) is 6.89. The van der Waals surface area contributed by atoms with Gasteiger partial charge < -0.3 is 10.2 Å². The molecule has 0 unspecified atom stereocenters. The summed E-state index contributed by atoms with van der Waals surface area (Å²) in [7, 11) is 0. The third kappa shape index (κ3) is 3.07. The zero-order valence-electron chi connectivity index (χ0n) is 11.5. The third-order valence-corrected chi connectivity index (χ3v) is 5.66. The number of hydrogen-bond acceptors (Lipinski definition) is 3. The zero-order chi connectivity index (χ0) is 13.1. The van der Waals surface area contributed by atoms with E-state index < -0.39 is 0 Å². The average molecular weight is 281 g/mol. The lowest BCUT2D eigenvalue weighted by molar-refractivity contribution is -0.129. The van der Waals surface area contributed by atoms with Crippen LogP contribution in [0.25, 0.3) is 0 Å². The van der Waals surface area contributed by atoms with E-state index in [0.717, 1.165) is 24.0 Å². The molecule has 2 heterocycles. The van der Waals surface area contributed by atoms with Crippen LogP contribution in [0.15, 0.2) is 4.99 Å². The molecule has 3 aliphatic rings. The molecule has 106 valence electrons. The minimum absolute atomic E-state index is 0.278. The SMILES string of the molecule is O=C(CCN=C1NC2(CCCC2)CS1)N1CCCC1. The maximum atomic E-state index is 11.9. The summed E-state index contributed by atoms with van der Waals surface area (Å²) in [5, 5.41) is 4.66. The Bertz CT molecular complexity index is 371. The summed E-state index contributed by atoms with van der Waals surface area (Å²) < 4.78 is 0. The summed E-state index contributed by atoms with van der Waals surface area (Å²) in [6.07, 6.45) is 8.15. The van der Waals surface area contributed by atoms with Crippen LogP contribution in [0.5, 0.6) is 0 Å². The van der Waals surface area contributed by atoms with Crippen LogP contribution in [0.2, 0.25) is 0 Å². The van der Waals surface area contributed by atoms with Gasteiger partial charge in [0.15, 0.2) is 5.17 Å². The highest BCUT2D eigenvalue weighted by Crippen LogP contribution is 2.37. The Morgan fingerprint density at radius 1 is 1.26 bits per heavy atom. The summed E-state index contributed by atoms with van der Waals surface area (Å²) in [5.41, 5.74) is 0.336. The van der Waals surface area contributed by atoms with Crippen molar-refractivity contribution in [1.82, 2.24) is 10.2 Å². The minimum Gasteiger partial charge on any atom is -0.359 e. The summed E-state index contributed by atoms with van der Waals surface area (Å²) in [6, 6.07) is 0. The fraction of sp³-hybridized carbons (Fsp3) is 0.857. The number of aliphatic imine (C=N–C) groups is 1. The normalized spacial score (nSPS) is 27.4. The molecule has 0 aromatic heterocycles. The first-order chi connectivity index (χ1) is 9.27. The quantitative estimate of drug-likeness (QED) is 0.860. The molecule has 2 saturated heterocycles. The predicted octanol–water partition coefficient (Wildman–Crippen LogP) is 2.00. The van der Waals surface area contributed by atoms with Crippen LogP contribution in [0.4, 0.5) is 0 Å². The third-order valence-electron chi connectivity index (χ3n) is 4.46. The van der Waals surface area contributed by atoms with E-state index in [1.54, 1.807) is 0 Å². The maximum Gasteiger partial charge on any atom is 0.224 e. The molecule has 1 saturated carbocycles.